The second-order valence-corrected chi connectivity index (χ2v) is 30.1. The van der Waals surface area contributed by atoms with Crippen LogP contribution in [0.4, 0.5) is 47.7 Å². The molecule has 7 N–H and O–H groups in total. The van der Waals surface area contributed by atoms with Crippen molar-refractivity contribution in [3.05, 3.63) is 304 Å². The van der Waals surface area contributed by atoms with E-state index < -0.39 is 11.7 Å². The van der Waals surface area contributed by atoms with Crippen LogP contribution in [0.5, 0.6) is 34.5 Å². The van der Waals surface area contributed by atoms with Gasteiger partial charge in [0.1, 0.15) is 59.9 Å². The number of methoxy groups -OCH3 is 2. The molecule has 33 nitrogen and oxygen atoms in total. The molecule has 0 radical (unpaired) electrons. The van der Waals surface area contributed by atoms with Crippen LogP contribution in [0.25, 0.3) is 0 Å². The summed E-state index contributed by atoms with van der Waals surface area (Å²) in [5.41, 5.74) is 20.5. The first kappa shape index (κ1) is 98.3. The lowest BCUT2D eigenvalue weighted by Crippen LogP contribution is -2.38. The maximum Gasteiger partial charge on any atom is 0.407 e. The van der Waals surface area contributed by atoms with Crippen molar-refractivity contribution in [3.63, 3.8) is 0 Å². The van der Waals surface area contributed by atoms with Gasteiger partial charge in [0, 0.05) is 171 Å². The average molecular weight is 1830 g/mol. The molecule has 131 heavy (non-hydrogen) atoms. The monoisotopic (exact) mass is 1830 g/mol. The molecule has 7 amide bonds. The Bertz CT molecular complexity index is 5760. The van der Waals surface area contributed by atoms with E-state index in [1.807, 2.05) is 36.4 Å². The van der Waals surface area contributed by atoms with Crippen LogP contribution in [0.2, 0.25) is 0 Å². The molecule has 38 heteroatoms. The lowest BCUT2D eigenvalue weighted by Gasteiger charge is -2.27. The Morgan fingerprint density at radius 3 is 0.962 bits per heavy atom. The highest BCUT2D eigenvalue weighted by molar-refractivity contribution is 6.10. The van der Waals surface area contributed by atoms with Gasteiger partial charge in [-0.25, -0.2) is 67.8 Å². The van der Waals surface area contributed by atoms with Gasteiger partial charge in [-0.3, -0.25) is 53.3 Å². The van der Waals surface area contributed by atoms with Gasteiger partial charge in [-0.1, -0.05) is 0 Å². The number of ether oxygens (including phenoxy) is 6. The number of hydrogen-bond acceptors (Lipinski definition) is 26. The Morgan fingerprint density at radius 1 is 0.405 bits per heavy atom. The van der Waals surface area contributed by atoms with Gasteiger partial charge < -0.3 is 55.6 Å². The number of carbonyl (C=O) groups is 7. The SMILES string of the molecule is CC(C)(C)OC(=O)NC/C(=C\F)COc1ccc2c(c1)CCN(c1ncccn1)C2=O.COc1ccc2c(c1)CCN(c1ncccn1)C2=O.COc1ccc2c(c1)CCNC2=O.Cl.Cl.NC/C(=C\F)COc1ccc2c(c1)CCN(c1ncccn1)C2=O.NC/C(=C\F)COc1ccc2c(c1)CCN(c1ncccn1)C2=O.O=C1c2ccc(O)cc2CCN1c1ncccn1. The first-order valence-corrected chi connectivity index (χ1v) is 40.9. The Morgan fingerprint density at radius 2 is 0.672 bits per heavy atom. The molecule has 5 aromatic heterocycles. The molecule has 11 heterocycles. The first-order chi connectivity index (χ1) is 62.6. The minimum absolute atomic E-state index is 0. The summed E-state index contributed by atoms with van der Waals surface area (Å²) >= 11 is 0. The number of aromatic nitrogens is 10. The molecule has 6 aliphatic heterocycles. The van der Waals surface area contributed by atoms with E-state index in [4.69, 9.17) is 39.9 Å². The minimum atomic E-state index is -0.636. The second kappa shape index (κ2) is 47.8. The second-order valence-electron chi connectivity index (χ2n) is 30.1. The summed E-state index contributed by atoms with van der Waals surface area (Å²) < 4.78 is 70.3. The van der Waals surface area contributed by atoms with Crippen molar-refractivity contribution in [3.8, 4) is 34.5 Å². The number of carbonyl (C=O) groups excluding carboxylic acids is 7. The number of nitrogens with one attached hydrogen (secondary N) is 2. The third-order valence-electron chi connectivity index (χ3n) is 20.4. The molecule has 0 aliphatic carbocycles. The van der Waals surface area contributed by atoms with Crippen molar-refractivity contribution < 1.29 is 80.3 Å². The number of aromatic hydroxyl groups is 1. The Kier molecular flexibility index (Phi) is 35.9. The number of halogens is 5. The quantitative estimate of drug-likeness (QED) is 0.0473. The summed E-state index contributed by atoms with van der Waals surface area (Å²) in [6, 6.07) is 39.9. The van der Waals surface area contributed by atoms with Gasteiger partial charge in [-0.15, -0.1) is 24.8 Å². The molecule has 6 aliphatic rings. The fourth-order valence-electron chi connectivity index (χ4n) is 13.8. The third-order valence-corrected chi connectivity index (χ3v) is 20.4. The maximum absolute atomic E-state index is 13.2. The van der Waals surface area contributed by atoms with Crippen molar-refractivity contribution in [2.24, 2.45) is 11.5 Å². The van der Waals surface area contributed by atoms with E-state index in [2.05, 4.69) is 60.5 Å². The van der Waals surface area contributed by atoms with Crippen LogP contribution in [-0.2, 0) is 43.3 Å². The number of nitrogens with zero attached hydrogens (tertiary/aromatic N) is 15. The Hall–Kier alpha value is -14.9. The number of benzene rings is 6. The summed E-state index contributed by atoms with van der Waals surface area (Å²) in [4.78, 5) is 135. The van der Waals surface area contributed by atoms with Crippen LogP contribution in [-0.4, -0.2) is 195 Å². The van der Waals surface area contributed by atoms with E-state index in [-0.39, 0.29) is 111 Å². The van der Waals surface area contributed by atoms with Gasteiger partial charge in [-0.2, -0.15) is 0 Å². The van der Waals surface area contributed by atoms with Gasteiger partial charge in [0.25, 0.3) is 35.4 Å². The standard InChI is InChI=1S/C22H25FN4O4.2C17H17FN4O2.C14H13N3O2.C13H11N3O2.C10H11NO2.2ClH/c1-22(2,3)31-21(29)26-13-15(12-23)14-30-17-5-6-18-16(11-17)7-10-27(19(18)28)20-24-8-4-9-25-20;2*18-9-12(10-19)11-24-14-2-3-15-13(8-14)4-7-22(16(15)23)17-20-5-1-6-21-17;1-19-11-3-4-12-10(9-11)5-8-17(13(12)18)14-15-6-2-7-16-14;17-10-2-3-11-9(8-10)4-7-16(12(11)18)13-14-5-1-6-15-13;1-13-8-2-3-9-7(6-8)4-5-11-10(9)12;;/h4-6,8-9,11-12H,7,10,13-14H2,1-3H3,(H,26,29);2*1-3,5-6,8-9H,4,7,10-11,19H2;2-4,6-7,9H,5,8H2,1H3;1-3,5-6,8,17H,4,7H2;2-3,6H,4-5H2,1H3,(H,11,12);2*1H/b15-12+;2*12-9+;;;;;. The molecule has 0 bridgehead atoms. The van der Waals surface area contributed by atoms with Crippen molar-refractivity contribution in [2.75, 3.05) is 117 Å². The highest BCUT2D eigenvalue weighted by Crippen LogP contribution is 2.33. The largest absolute Gasteiger partial charge is 0.508 e. The van der Waals surface area contributed by atoms with E-state index in [0.717, 1.165) is 69.8 Å². The molecule has 17 rings (SSSR count). The predicted molar refractivity (Wildman–Crippen MR) is 487 cm³/mol. The van der Waals surface area contributed by atoms with Crippen LogP contribution in [0.1, 0.15) is 116 Å². The van der Waals surface area contributed by atoms with E-state index in [1.54, 1.807) is 214 Å². The molecule has 0 saturated heterocycles. The zero-order valence-electron chi connectivity index (χ0n) is 72.1. The van der Waals surface area contributed by atoms with E-state index in [0.29, 0.717) is 163 Å². The molecule has 0 fully saturated rings. The lowest BCUT2D eigenvalue weighted by atomic mass is 9.99. The number of phenols is 1. The zero-order valence-corrected chi connectivity index (χ0v) is 73.7. The number of fused-ring (bicyclic) bond motifs is 6. The first-order valence-electron chi connectivity index (χ1n) is 40.9. The zero-order chi connectivity index (χ0) is 91.4. The molecule has 11 aromatic rings. The number of hydrogen-bond donors (Lipinski definition) is 5. The number of phenolic OH excluding ortho intramolecular Hbond substituents is 1. The van der Waals surface area contributed by atoms with Gasteiger partial charge in [0.15, 0.2) is 0 Å². The number of nitrogens with two attached hydrogens (primary N) is 2. The minimum Gasteiger partial charge on any atom is -0.508 e. The molecule has 0 saturated carbocycles. The Balaban J connectivity index is 0.000000165. The molecule has 682 valence electrons. The number of rotatable bonds is 20. The summed E-state index contributed by atoms with van der Waals surface area (Å²) in [5, 5.41) is 14.7. The van der Waals surface area contributed by atoms with E-state index >= 15 is 0 Å². The normalized spacial score (nSPS) is 14.2. The van der Waals surface area contributed by atoms with Gasteiger partial charge in [0.2, 0.25) is 29.7 Å². The van der Waals surface area contributed by atoms with Crippen molar-refractivity contribution in [1.29, 1.82) is 0 Å². The summed E-state index contributed by atoms with van der Waals surface area (Å²) in [6.07, 6.45) is 21.1. The third kappa shape index (κ3) is 26.2. The van der Waals surface area contributed by atoms with Gasteiger partial charge in [0.05, 0.1) is 33.2 Å². The molecule has 6 aromatic carbocycles. The summed E-state index contributed by atoms with van der Waals surface area (Å²) in [7, 11) is 3.25. The van der Waals surface area contributed by atoms with E-state index in [1.165, 1.54) is 11.0 Å². The van der Waals surface area contributed by atoms with Crippen LogP contribution in [0.15, 0.2) is 237 Å². The fourth-order valence-corrected chi connectivity index (χ4v) is 13.8. The number of anilines is 5. The van der Waals surface area contributed by atoms with Crippen molar-refractivity contribution in [2.45, 2.75) is 64.9 Å². The van der Waals surface area contributed by atoms with E-state index in [9.17, 15) is 51.8 Å². The number of amides is 7. The predicted octanol–water partition coefficient (Wildman–Crippen LogP) is 12.1. The highest BCUT2D eigenvalue weighted by Gasteiger charge is 2.33. The topological polar surface area (TPSA) is 416 Å². The lowest BCUT2D eigenvalue weighted by molar-refractivity contribution is 0.0530. The smallest absolute Gasteiger partial charge is 0.407 e. The molecular weight excluding hydrogens is 1740 g/mol. The molecule has 0 unspecified atom stereocenters. The number of alkyl carbamates (subject to hydrolysis) is 1. The van der Waals surface area contributed by atoms with Crippen LogP contribution < -0.4 is 70.3 Å². The van der Waals surface area contributed by atoms with Gasteiger partial charge >= 0.3 is 6.09 Å². The molecular formula is C93H96Cl2F3N19O14. The average Bonchev–Trinajstić information content (AvgIpc) is 0.798. The van der Waals surface area contributed by atoms with Crippen LogP contribution in [0.3, 0.4) is 0 Å². The molecule has 0 spiro atoms. The molecule has 0 atom stereocenters. The fraction of sp³-hybridized carbons (Fsp3) is 0.258. The summed E-state index contributed by atoms with van der Waals surface area (Å²) in [6.45, 7) is 8.80. The van der Waals surface area contributed by atoms with Crippen LogP contribution in [0, 0.1) is 0 Å². The maximum atomic E-state index is 13.2. The van der Waals surface area contributed by atoms with Crippen molar-refractivity contribution >= 4 is 96.1 Å². The Labute approximate surface area is 765 Å². The highest BCUT2D eigenvalue weighted by atomic mass is 35.5. The van der Waals surface area contributed by atoms with Crippen molar-refractivity contribution in [1.82, 2.24) is 60.5 Å². The van der Waals surface area contributed by atoms with Gasteiger partial charge in [-0.05, 0) is 232 Å². The van der Waals surface area contributed by atoms with Crippen LogP contribution >= 0.6 is 24.8 Å². The summed E-state index contributed by atoms with van der Waals surface area (Å²) in [5.74, 6) is 4.86.